The van der Waals surface area contributed by atoms with Crippen LogP contribution in [0.5, 0.6) is 0 Å². The third-order valence-corrected chi connectivity index (χ3v) is 3.53. The van der Waals surface area contributed by atoms with Gasteiger partial charge in [-0.25, -0.2) is 0 Å². The third kappa shape index (κ3) is 4.92. The van der Waals surface area contributed by atoms with Gasteiger partial charge in [0, 0.05) is 45.4 Å². The number of hydrogen-bond acceptors (Lipinski definition) is 4. The molecule has 106 valence electrons. The van der Waals surface area contributed by atoms with E-state index in [9.17, 15) is 4.79 Å². The van der Waals surface area contributed by atoms with Crippen LogP contribution >= 0.6 is 0 Å². The summed E-state index contributed by atoms with van der Waals surface area (Å²) in [6.45, 7) is 9.22. The molecule has 0 atom stereocenters. The zero-order valence-electron chi connectivity index (χ0n) is 11.9. The Bertz CT molecular complexity index is 251. The van der Waals surface area contributed by atoms with Crippen LogP contribution in [0.3, 0.4) is 0 Å². The molecule has 1 aliphatic heterocycles. The molecule has 1 fully saturated rings. The van der Waals surface area contributed by atoms with E-state index >= 15 is 0 Å². The molecule has 0 saturated carbocycles. The van der Waals surface area contributed by atoms with Gasteiger partial charge < -0.3 is 14.9 Å². The SMILES string of the molecule is CC(C)N(CCCO)CC(=O)N1CCN(C)CC1. The number of carbonyl (C=O) groups excluding carboxylic acids is 1. The number of nitrogens with zero attached hydrogens (tertiary/aromatic N) is 3. The van der Waals surface area contributed by atoms with Gasteiger partial charge in [0.1, 0.15) is 0 Å². The number of hydrogen-bond donors (Lipinski definition) is 1. The summed E-state index contributed by atoms with van der Waals surface area (Å²) in [7, 11) is 2.09. The standard InChI is InChI=1S/C13H27N3O2/c1-12(2)16(5-4-10-17)11-13(18)15-8-6-14(3)7-9-15/h12,17H,4-11H2,1-3H3. The van der Waals surface area contributed by atoms with Crippen molar-refractivity contribution < 1.29 is 9.90 Å². The minimum Gasteiger partial charge on any atom is -0.396 e. The Hall–Kier alpha value is -0.650. The summed E-state index contributed by atoms with van der Waals surface area (Å²) in [5.74, 6) is 0.217. The van der Waals surface area contributed by atoms with E-state index in [0.29, 0.717) is 12.6 Å². The summed E-state index contributed by atoms with van der Waals surface area (Å²) in [5.41, 5.74) is 0. The normalized spacial score (nSPS) is 17.8. The second-order valence-electron chi connectivity index (χ2n) is 5.33. The fourth-order valence-electron chi connectivity index (χ4n) is 2.12. The summed E-state index contributed by atoms with van der Waals surface area (Å²) >= 11 is 0. The summed E-state index contributed by atoms with van der Waals surface area (Å²) in [4.78, 5) is 18.5. The Balaban J connectivity index is 2.40. The molecular weight excluding hydrogens is 230 g/mol. The fourth-order valence-corrected chi connectivity index (χ4v) is 2.12. The number of aliphatic hydroxyl groups excluding tert-OH is 1. The van der Waals surface area contributed by atoms with Gasteiger partial charge in [-0.05, 0) is 27.3 Å². The minimum atomic E-state index is 0.186. The average Bonchev–Trinajstić information content (AvgIpc) is 2.34. The summed E-state index contributed by atoms with van der Waals surface area (Å²) in [6, 6.07) is 0.341. The molecule has 0 aromatic carbocycles. The predicted octanol–water partition coefficient (Wildman–Crippen LogP) is -0.147. The van der Waals surface area contributed by atoms with Crippen molar-refractivity contribution in [3.05, 3.63) is 0 Å². The van der Waals surface area contributed by atoms with E-state index in [1.54, 1.807) is 0 Å². The molecule has 0 aromatic rings. The first-order valence-electron chi connectivity index (χ1n) is 6.85. The highest BCUT2D eigenvalue weighted by Gasteiger charge is 2.21. The second-order valence-corrected chi connectivity index (χ2v) is 5.33. The molecule has 5 heteroatoms. The lowest BCUT2D eigenvalue weighted by Gasteiger charge is -2.34. The van der Waals surface area contributed by atoms with E-state index in [4.69, 9.17) is 5.11 Å². The highest BCUT2D eigenvalue weighted by molar-refractivity contribution is 5.78. The van der Waals surface area contributed by atoms with E-state index in [2.05, 4.69) is 30.7 Å². The Kier molecular flexibility index (Phi) is 6.60. The molecule has 18 heavy (non-hydrogen) atoms. The van der Waals surface area contributed by atoms with E-state index in [1.807, 2.05) is 4.90 Å². The van der Waals surface area contributed by atoms with Crippen molar-refractivity contribution in [2.45, 2.75) is 26.3 Å². The Morgan fingerprint density at radius 1 is 1.28 bits per heavy atom. The number of aliphatic hydroxyl groups is 1. The molecule has 1 heterocycles. The second kappa shape index (κ2) is 7.71. The number of piperazine rings is 1. The van der Waals surface area contributed by atoms with E-state index < -0.39 is 0 Å². The van der Waals surface area contributed by atoms with Crippen LogP contribution in [0.1, 0.15) is 20.3 Å². The Morgan fingerprint density at radius 2 is 1.89 bits per heavy atom. The number of amides is 1. The van der Waals surface area contributed by atoms with Crippen molar-refractivity contribution in [3.63, 3.8) is 0 Å². The van der Waals surface area contributed by atoms with Gasteiger partial charge >= 0.3 is 0 Å². The van der Waals surface area contributed by atoms with Crippen LogP contribution in [0.2, 0.25) is 0 Å². The van der Waals surface area contributed by atoms with Gasteiger partial charge in [-0.1, -0.05) is 0 Å². The first-order valence-corrected chi connectivity index (χ1v) is 6.85. The molecule has 1 amide bonds. The molecule has 0 unspecified atom stereocenters. The number of rotatable bonds is 6. The van der Waals surface area contributed by atoms with Gasteiger partial charge in [0.2, 0.25) is 5.91 Å². The van der Waals surface area contributed by atoms with Gasteiger partial charge in [-0.2, -0.15) is 0 Å². The highest BCUT2D eigenvalue weighted by Crippen LogP contribution is 2.04. The van der Waals surface area contributed by atoms with E-state index in [0.717, 1.165) is 39.1 Å². The molecule has 0 bridgehead atoms. The van der Waals surface area contributed by atoms with Crippen LogP contribution < -0.4 is 0 Å². The van der Waals surface area contributed by atoms with Crippen LogP contribution in [-0.2, 0) is 4.79 Å². The molecule has 1 saturated heterocycles. The lowest BCUT2D eigenvalue weighted by atomic mass is 10.2. The molecule has 1 rings (SSSR count). The van der Waals surface area contributed by atoms with Crippen LogP contribution in [0, 0.1) is 0 Å². The van der Waals surface area contributed by atoms with Crippen molar-refractivity contribution in [1.82, 2.24) is 14.7 Å². The molecule has 0 aliphatic carbocycles. The first kappa shape index (κ1) is 15.4. The van der Waals surface area contributed by atoms with Crippen LogP contribution in [0.15, 0.2) is 0 Å². The van der Waals surface area contributed by atoms with Crippen LogP contribution in [0.25, 0.3) is 0 Å². The number of carbonyl (C=O) groups is 1. The monoisotopic (exact) mass is 257 g/mol. The molecule has 0 aromatic heterocycles. The third-order valence-electron chi connectivity index (χ3n) is 3.53. The molecule has 0 spiro atoms. The smallest absolute Gasteiger partial charge is 0.236 e. The van der Waals surface area contributed by atoms with Crippen molar-refractivity contribution in [1.29, 1.82) is 0 Å². The van der Waals surface area contributed by atoms with Crippen molar-refractivity contribution in [2.75, 3.05) is 52.9 Å². The maximum atomic E-state index is 12.2. The summed E-state index contributed by atoms with van der Waals surface area (Å²) < 4.78 is 0. The Morgan fingerprint density at radius 3 is 2.39 bits per heavy atom. The topological polar surface area (TPSA) is 47.0 Å². The van der Waals surface area contributed by atoms with E-state index in [-0.39, 0.29) is 12.5 Å². The van der Waals surface area contributed by atoms with Crippen LogP contribution in [0.4, 0.5) is 0 Å². The van der Waals surface area contributed by atoms with Crippen molar-refractivity contribution in [3.8, 4) is 0 Å². The maximum absolute atomic E-state index is 12.2. The summed E-state index contributed by atoms with van der Waals surface area (Å²) in [5, 5.41) is 8.88. The fraction of sp³-hybridized carbons (Fsp3) is 0.923. The lowest BCUT2D eigenvalue weighted by Crippen LogP contribution is -2.51. The zero-order chi connectivity index (χ0) is 13.5. The highest BCUT2D eigenvalue weighted by atomic mass is 16.3. The molecule has 1 N–H and O–H groups in total. The van der Waals surface area contributed by atoms with Crippen molar-refractivity contribution >= 4 is 5.91 Å². The van der Waals surface area contributed by atoms with Gasteiger partial charge in [0.05, 0.1) is 6.54 Å². The van der Waals surface area contributed by atoms with Gasteiger partial charge in [-0.3, -0.25) is 9.69 Å². The minimum absolute atomic E-state index is 0.186. The molecule has 5 nitrogen and oxygen atoms in total. The average molecular weight is 257 g/mol. The van der Waals surface area contributed by atoms with Crippen LogP contribution in [-0.4, -0.2) is 84.7 Å². The summed E-state index contributed by atoms with van der Waals surface area (Å²) in [6.07, 6.45) is 0.730. The van der Waals surface area contributed by atoms with Gasteiger partial charge in [-0.15, -0.1) is 0 Å². The molecular formula is C13H27N3O2. The Labute approximate surface area is 110 Å². The quantitative estimate of drug-likeness (QED) is 0.719. The van der Waals surface area contributed by atoms with Gasteiger partial charge in [0.25, 0.3) is 0 Å². The van der Waals surface area contributed by atoms with Gasteiger partial charge in [0.15, 0.2) is 0 Å². The zero-order valence-corrected chi connectivity index (χ0v) is 11.9. The van der Waals surface area contributed by atoms with E-state index in [1.165, 1.54) is 0 Å². The number of likely N-dealkylation sites (N-methyl/N-ethyl adjacent to an activating group) is 1. The maximum Gasteiger partial charge on any atom is 0.236 e. The lowest BCUT2D eigenvalue weighted by molar-refractivity contribution is -0.134. The first-order chi connectivity index (χ1) is 8.54. The van der Waals surface area contributed by atoms with Crippen molar-refractivity contribution in [2.24, 2.45) is 0 Å². The predicted molar refractivity (Wildman–Crippen MR) is 72.5 cm³/mol. The molecule has 1 aliphatic rings. The largest absolute Gasteiger partial charge is 0.396 e. The molecule has 0 radical (unpaired) electrons.